The van der Waals surface area contributed by atoms with E-state index in [0.29, 0.717) is 12.8 Å². The fourth-order valence-corrected chi connectivity index (χ4v) is 5.30. The Morgan fingerprint density at radius 3 is 1.84 bits per heavy atom. The maximum atomic E-state index is 12.4. The molecule has 0 bridgehead atoms. The van der Waals surface area contributed by atoms with Crippen LogP contribution in [0.5, 0.6) is 0 Å². The highest BCUT2D eigenvalue weighted by molar-refractivity contribution is 5.77. The van der Waals surface area contributed by atoms with Crippen LogP contribution in [0.2, 0.25) is 0 Å². The molecule has 0 saturated carbocycles. The van der Waals surface area contributed by atoms with Crippen LogP contribution in [0.3, 0.4) is 0 Å². The minimum atomic E-state index is -0.502. The first-order valence-corrected chi connectivity index (χ1v) is 11.7. The summed E-state index contributed by atoms with van der Waals surface area (Å²) in [5.74, 6) is -0.729. The second-order valence-electron chi connectivity index (χ2n) is 12.0. The molecule has 2 fully saturated rings. The second kappa shape index (κ2) is 9.36. The maximum Gasteiger partial charge on any atom is 0.306 e. The monoisotopic (exact) mass is 440 g/mol. The van der Waals surface area contributed by atoms with Crippen molar-refractivity contribution in [2.24, 2.45) is 0 Å². The zero-order valence-electron chi connectivity index (χ0n) is 20.8. The Kier molecular flexibility index (Phi) is 7.87. The minimum absolute atomic E-state index is 0.000332. The number of ether oxygens (including phenoxy) is 2. The summed E-state index contributed by atoms with van der Waals surface area (Å²) in [7, 11) is 0. The van der Waals surface area contributed by atoms with E-state index < -0.39 is 5.54 Å². The first kappa shape index (κ1) is 26.1. The summed E-state index contributed by atoms with van der Waals surface area (Å²) in [5.41, 5.74) is -1.01. The van der Waals surface area contributed by atoms with Crippen molar-refractivity contribution < 1.29 is 24.3 Å². The van der Waals surface area contributed by atoms with Crippen molar-refractivity contribution in [2.45, 2.75) is 141 Å². The summed E-state index contributed by atoms with van der Waals surface area (Å²) in [5, 5.41) is 15.6. The smallest absolute Gasteiger partial charge is 0.306 e. The number of rotatable bonds is 5. The van der Waals surface area contributed by atoms with Crippen LogP contribution in [0, 0.1) is 0 Å². The van der Waals surface area contributed by atoms with E-state index in [-0.39, 0.29) is 53.6 Å². The molecule has 0 radical (unpaired) electrons. The molecule has 0 spiro atoms. The van der Waals surface area contributed by atoms with Crippen LogP contribution in [0.4, 0.5) is 0 Å². The number of hydrogen-bond donors (Lipinski definition) is 2. The molecule has 2 heterocycles. The van der Waals surface area contributed by atoms with Crippen LogP contribution >= 0.6 is 0 Å². The van der Waals surface area contributed by atoms with E-state index in [1.807, 2.05) is 27.7 Å². The third kappa shape index (κ3) is 7.72. The van der Waals surface area contributed by atoms with Crippen LogP contribution in [0.1, 0.15) is 107 Å². The fourth-order valence-electron chi connectivity index (χ4n) is 5.30. The SMILES string of the molecule is CC1(C)CCC(OC(=O)CCC(=O)OC2CCC(C)(C)N(O)C(C)(C)C2)CC(C)(C)N1. The summed E-state index contributed by atoms with van der Waals surface area (Å²) >= 11 is 0. The molecular formula is C24H44N2O5. The van der Waals surface area contributed by atoms with E-state index >= 15 is 0 Å². The molecule has 2 unspecified atom stereocenters. The predicted molar refractivity (Wildman–Crippen MR) is 120 cm³/mol. The van der Waals surface area contributed by atoms with Gasteiger partial charge in [-0.25, -0.2) is 0 Å². The van der Waals surface area contributed by atoms with E-state index in [9.17, 15) is 14.8 Å². The molecule has 31 heavy (non-hydrogen) atoms. The summed E-state index contributed by atoms with van der Waals surface area (Å²) in [6, 6.07) is 0. The van der Waals surface area contributed by atoms with Crippen molar-refractivity contribution >= 4 is 11.9 Å². The largest absolute Gasteiger partial charge is 0.462 e. The standard InChI is InChI=1S/C24H44N2O5/c1-21(2)13-11-17(15-22(3,4)25-21)30-19(27)9-10-20(28)31-18-12-14-23(5,6)26(29)24(7,8)16-18/h17-18,25,29H,9-16H2,1-8H3. The lowest BCUT2D eigenvalue weighted by molar-refractivity contribution is -0.223. The topological polar surface area (TPSA) is 88.1 Å². The van der Waals surface area contributed by atoms with E-state index in [2.05, 4.69) is 33.0 Å². The van der Waals surface area contributed by atoms with Crippen molar-refractivity contribution in [3.63, 3.8) is 0 Å². The van der Waals surface area contributed by atoms with Gasteiger partial charge in [0.05, 0.1) is 12.8 Å². The van der Waals surface area contributed by atoms with Crippen molar-refractivity contribution in [1.82, 2.24) is 10.4 Å². The highest BCUT2D eigenvalue weighted by Crippen LogP contribution is 2.36. The van der Waals surface area contributed by atoms with Crippen LogP contribution < -0.4 is 5.32 Å². The van der Waals surface area contributed by atoms with E-state index in [1.54, 1.807) is 0 Å². The molecule has 7 heteroatoms. The molecule has 2 rings (SSSR count). The lowest BCUT2D eigenvalue weighted by atomic mass is 9.95. The van der Waals surface area contributed by atoms with E-state index in [0.717, 1.165) is 25.7 Å². The van der Waals surface area contributed by atoms with Gasteiger partial charge in [0.15, 0.2) is 0 Å². The molecule has 0 aliphatic carbocycles. The normalized spacial score (nSPS) is 30.0. The van der Waals surface area contributed by atoms with Gasteiger partial charge in [0.25, 0.3) is 0 Å². The minimum Gasteiger partial charge on any atom is -0.462 e. The van der Waals surface area contributed by atoms with Crippen molar-refractivity contribution in [3.05, 3.63) is 0 Å². The molecule has 7 nitrogen and oxygen atoms in total. The van der Waals surface area contributed by atoms with Gasteiger partial charge in [-0.3, -0.25) is 9.59 Å². The molecular weight excluding hydrogens is 396 g/mol. The number of nitrogens with one attached hydrogen (secondary N) is 1. The maximum absolute atomic E-state index is 12.4. The van der Waals surface area contributed by atoms with Crippen molar-refractivity contribution in [3.8, 4) is 0 Å². The third-order valence-corrected chi connectivity index (χ3v) is 6.59. The van der Waals surface area contributed by atoms with Crippen LogP contribution in [-0.4, -0.2) is 56.6 Å². The van der Waals surface area contributed by atoms with Crippen LogP contribution in [0.15, 0.2) is 0 Å². The van der Waals surface area contributed by atoms with Crippen LogP contribution in [0.25, 0.3) is 0 Å². The van der Waals surface area contributed by atoms with Gasteiger partial charge in [-0.1, -0.05) is 0 Å². The number of carbonyl (C=O) groups excluding carboxylic acids is 2. The molecule has 2 aliphatic rings. The van der Waals surface area contributed by atoms with Gasteiger partial charge >= 0.3 is 11.9 Å². The Morgan fingerprint density at radius 1 is 0.806 bits per heavy atom. The predicted octanol–water partition coefficient (Wildman–Crippen LogP) is 4.35. The summed E-state index contributed by atoms with van der Waals surface area (Å²) < 4.78 is 11.4. The molecule has 0 aromatic carbocycles. The van der Waals surface area contributed by atoms with Crippen molar-refractivity contribution in [2.75, 3.05) is 0 Å². The molecule has 2 aliphatic heterocycles. The van der Waals surface area contributed by atoms with Gasteiger partial charge in [0.1, 0.15) is 12.2 Å². The quantitative estimate of drug-likeness (QED) is 0.614. The summed E-state index contributed by atoms with van der Waals surface area (Å²) in [6.45, 7) is 16.5. The molecule has 180 valence electrons. The van der Waals surface area contributed by atoms with Crippen LogP contribution in [-0.2, 0) is 19.1 Å². The molecule has 2 atom stereocenters. The van der Waals surface area contributed by atoms with Gasteiger partial charge in [0.2, 0.25) is 0 Å². The van der Waals surface area contributed by atoms with Gasteiger partial charge < -0.3 is 20.0 Å². The zero-order chi connectivity index (χ0) is 23.7. The second-order valence-corrected chi connectivity index (χ2v) is 12.0. The van der Waals surface area contributed by atoms with Gasteiger partial charge in [-0.15, -0.1) is 0 Å². The molecule has 0 aromatic rings. The average Bonchev–Trinajstić information content (AvgIpc) is 2.74. The number of hydroxylamine groups is 2. The molecule has 0 amide bonds. The highest BCUT2D eigenvalue weighted by Gasteiger charge is 2.43. The molecule has 2 saturated heterocycles. The Hall–Kier alpha value is -1.18. The molecule has 2 N–H and O–H groups in total. The first-order chi connectivity index (χ1) is 14.0. The summed E-state index contributed by atoms with van der Waals surface area (Å²) in [4.78, 5) is 24.8. The lowest BCUT2D eigenvalue weighted by Gasteiger charge is -2.42. The number of carbonyl (C=O) groups is 2. The number of hydrogen-bond acceptors (Lipinski definition) is 7. The fraction of sp³-hybridized carbons (Fsp3) is 0.917. The lowest BCUT2D eigenvalue weighted by Crippen LogP contribution is -2.52. The number of nitrogens with zero attached hydrogens (tertiary/aromatic N) is 1. The van der Waals surface area contributed by atoms with E-state index in [1.165, 1.54) is 5.06 Å². The average molecular weight is 441 g/mol. The Labute approximate surface area is 188 Å². The Bertz CT molecular complexity index is 656. The third-order valence-electron chi connectivity index (χ3n) is 6.59. The van der Waals surface area contributed by atoms with Gasteiger partial charge in [0, 0.05) is 35.0 Å². The highest BCUT2D eigenvalue weighted by atomic mass is 16.6. The zero-order valence-corrected chi connectivity index (χ0v) is 20.8. The Balaban J connectivity index is 1.82. The summed E-state index contributed by atoms with van der Waals surface area (Å²) in [6.07, 6.45) is 4.05. The first-order valence-electron chi connectivity index (χ1n) is 11.7. The van der Waals surface area contributed by atoms with Crippen molar-refractivity contribution in [1.29, 1.82) is 0 Å². The number of esters is 2. The van der Waals surface area contributed by atoms with Gasteiger partial charge in [-0.05, 0) is 81.1 Å². The van der Waals surface area contributed by atoms with Gasteiger partial charge in [-0.2, -0.15) is 5.06 Å². The van der Waals surface area contributed by atoms with E-state index in [4.69, 9.17) is 9.47 Å². The molecule has 0 aromatic heterocycles. The Morgan fingerprint density at radius 2 is 1.29 bits per heavy atom.